The molecule has 152 valence electrons. The van der Waals surface area contributed by atoms with E-state index in [9.17, 15) is 9.59 Å². The highest BCUT2D eigenvalue weighted by Gasteiger charge is 2.19. The summed E-state index contributed by atoms with van der Waals surface area (Å²) in [6, 6.07) is 10.3. The Balaban J connectivity index is 1.89. The van der Waals surface area contributed by atoms with Gasteiger partial charge in [0.25, 0.3) is 11.5 Å². The van der Waals surface area contributed by atoms with Crippen LogP contribution in [-0.4, -0.2) is 24.8 Å². The molecule has 1 amide bonds. The molecular weight excluding hydrogens is 380 g/mol. The number of nitrogens with one attached hydrogen (secondary N) is 2. The first-order chi connectivity index (χ1) is 14.5. The lowest BCUT2D eigenvalue weighted by atomic mass is 10.1. The predicted molar refractivity (Wildman–Crippen MR) is 113 cm³/mol. The number of rotatable bonds is 5. The third kappa shape index (κ3) is 3.36. The van der Waals surface area contributed by atoms with Gasteiger partial charge >= 0.3 is 0 Å². The lowest BCUT2D eigenvalue weighted by Gasteiger charge is -2.19. The van der Waals surface area contributed by atoms with Crippen LogP contribution in [-0.2, 0) is 6.54 Å². The van der Waals surface area contributed by atoms with Gasteiger partial charge in [-0.25, -0.2) is 4.98 Å². The van der Waals surface area contributed by atoms with Crippen molar-refractivity contribution in [2.75, 3.05) is 0 Å². The molecule has 4 aromatic rings. The first-order valence-electron chi connectivity index (χ1n) is 9.79. The zero-order chi connectivity index (χ0) is 21.3. The summed E-state index contributed by atoms with van der Waals surface area (Å²) in [5, 5.41) is 11.8. The Morgan fingerprint density at radius 1 is 1.27 bits per heavy atom. The number of carbonyl (C=O) groups excluding carboxylic acids is 1. The van der Waals surface area contributed by atoms with E-state index in [0.29, 0.717) is 16.7 Å². The number of nitrogens with zero attached hydrogens (tertiary/aromatic N) is 4. The largest absolute Gasteiger partial charge is 0.348 e. The molecule has 1 atom stereocenters. The molecule has 4 heterocycles. The fraction of sp³-hybridized carbons (Fsp3) is 0.227. The Labute approximate surface area is 172 Å². The van der Waals surface area contributed by atoms with Crippen molar-refractivity contribution in [3.63, 3.8) is 0 Å². The van der Waals surface area contributed by atoms with E-state index in [0.717, 1.165) is 12.0 Å². The molecule has 4 aromatic heterocycles. The second-order valence-corrected chi connectivity index (χ2v) is 7.16. The van der Waals surface area contributed by atoms with Gasteiger partial charge < -0.3 is 9.88 Å². The third-order valence-corrected chi connectivity index (χ3v) is 5.21. The summed E-state index contributed by atoms with van der Waals surface area (Å²) in [6.45, 7) is 4.22. The first-order valence-corrected chi connectivity index (χ1v) is 9.79. The molecule has 2 N–H and O–H groups in total. The summed E-state index contributed by atoms with van der Waals surface area (Å²) in [4.78, 5) is 34.7. The van der Waals surface area contributed by atoms with Crippen LogP contribution in [0.15, 0.2) is 59.8 Å². The van der Waals surface area contributed by atoms with Crippen LogP contribution in [0.5, 0.6) is 0 Å². The van der Waals surface area contributed by atoms with Gasteiger partial charge in [0.05, 0.1) is 10.9 Å². The van der Waals surface area contributed by atoms with E-state index in [4.69, 9.17) is 5.41 Å². The zero-order valence-electron chi connectivity index (χ0n) is 16.8. The minimum absolute atomic E-state index is 0.0349. The van der Waals surface area contributed by atoms with E-state index in [2.05, 4.69) is 15.3 Å². The number of hydrogen-bond donors (Lipinski definition) is 2. The van der Waals surface area contributed by atoms with Crippen LogP contribution in [0.3, 0.4) is 0 Å². The Morgan fingerprint density at radius 2 is 2.10 bits per heavy atom. The van der Waals surface area contributed by atoms with E-state index in [1.54, 1.807) is 41.4 Å². The molecule has 0 saturated heterocycles. The van der Waals surface area contributed by atoms with Gasteiger partial charge in [-0.2, -0.15) is 0 Å². The molecule has 0 radical (unpaired) electrons. The zero-order valence-corrected chi connectivity index (χ0v) is 16.8. The molecule has 0 aliphatic heterocycles. The number of pyridine rings is 3. The van der Waals surface area contributed by atoms with Crippen molar-refractivity contribution >= 4 is 22.6 Å². The van der Waals surface area contributed by atoms with Gasteiger partial charge in [-0.1, -0.05) is 19.1 Å². The van der Waals surface area contributed by atoms with Gasteiger partial charge in [-0.3, -0.25) is 24.4 Å². The van der Waals surface area contributed by atoms with Gasteiger partial charge in [0.1, 0.15) is 16.8 Å². The Kier molecular flexibility index (Phi) is 5.14. The Morgan fingerprint density at radius 3 is 2.83 bits per heavy atom. The SMILES string of the molecule is CCC(C)n1c(=N)c(C(=O)NCc2cccnc2)cc2c(=O)n3ccccc3nc21. The van der Waals surface area contributed by atoms with Crippen LogP contribution in [0.1, 0.15) is 42.2 Å². The topological polar surface area (TPSA) is 105 Å². The van der Waals surface area contributed by atoms with E-state index in [1.807, 2.05) is 26.0 Å². The summed E-state index contributed by atoms with van der Waals surface area (Å²) >= 11 is 0. The minimum atomic E-state index is -0.416. The lowest BCUT2D eigenvalue weighted by molar-refractivity contribution is 0.0948. The monoisotopic (exact) mass is 402 g/mol. The number of carbonyl (C=O) groups is 1. The number of hydrogen-bond acceptors (Lipinski definition) is 5. The maximum absolute atomic E-state index is 13.1. The van der Waals surface area contributed by atoms with Crippen LogP contribution in [0.25, 0.3) is 16.7 Å². The smallest absolute Gasteiger partial charge is 0.267 e. The molecule has 0 aliphatic carbocycles. The quantitative estimate of drug-likeness (QED) is 0.500. The van der Waals surface area contributed by atoms with Gasteiger partial charge in [-0.05, 0) is 43.2 Å². The first kappa shape index (κ1) is 19.5. The fourth-order valence-corrected chi connectivity index (χ4v) is 3.41. The van der Waals surface area contributed by atoms with Gasteiger partial charge in [0, 0.05) is 31.2 Å². The molecule has 0 aromatic carbocycles. The van der Waals surface area contributed by atoms with Crippen molar-refractivity contribution in [2.45, 2.75) is 32.9 Å². The van der Waals surface area contributed by atoms with Crippen LogP contribution in [0.4, 0.5) is 0 Å². The summed E-state index contributed by atoms with van der Waals surface area (Å²) in [7, 11) is 0. The fourth-order valence-electron chi connectivity index (χ4n) is 3.41. The van der Waals surface area contributed by atoms with Crippen LogP contribution in [0, 0.1) is 5.41 Å². The molecule has 30 heavy (non-hydrogen) atoms. The van der Waals surface area contributed by atoms with Crippen molar-refractivity contribution in [3.8, 4) is 0 Å². The van der Waals surface area contributed by atoms with Crippen molar-refractivity contribution in [2.24, 2.45) is 0 Å². The summed E-state index contributed by atoms with van der Waals surface area (Å²) in [5.74, 6) is -0.416. The average Bonchev–Trinajstić information content (AvgIpc) is 2.77. The lowest BCUT2D eigenvalue weighted by Crippen LogP contribution is -2.35. The third-order valence-electron chi connectivity index (χ3n) is 5.21. The minimum Gasteiger partial charge on any atom is -0.348 e. The number of amides is 1. The van der Waals surface area contributed by atoms with Crippen molar-refractivity contribution in [3.05, 3.63) is 82.0 Å². The van der Waals surface area contributed by atoms with Crippen molar-refractivity contribution in [1.29, 1.82) is 5.41 Å². The highest BCUT2D eigenvalue weighted by molar-refractivity contribution is 5.96. The number of fused-ring (bicyclic) bond motifs is 2. The van der Waals surface area contributed by atoms with Gasteiger partial charge in [0.2, 0.25) is 0 Å². The average molecular weight is 402 g/mol. The van der Waals surface area contributed by atoms with Crippen LogP contribution in [0.2, 0.25) is 0 Å². The number of aromatic nitrogens is 4. The van der Waals surface area contributed by atoms with Gasteiger partial charge in [0.15, 0.2) is 0 Å². The molecule has 1 unspecified atom stereocenters. The summed E-state index contributed by atoms with van der Waals surface area (Å²) in [6.07, 6.45) is 5.71. The maximum Gasteiger partial charge on any atom is 0.267 e. The second kappa shape index (κ2) is 7.90. The standard InChI is InChI=1S/C22H22N6O2/c1-3-14(2)28-19(23)16(21(29)25-13-15-7-6-9-24-12-15)11-17-20(28)26-18-8-4-5-10-27(18)22(17)30/h4-12,14,23H,3,13H2,1-2H3,(H,25,29). The van der Waals surface area contributed by atoms with E-state index in [1.165, 1.54) is 10.5 Å². The molecule has 0 fully saturated rings. The highest BCUT2D eigenvalue weighted by atomic mass is 16.1. The van der Waals surface area contributed by atoms with Crippen LogP contribution < -0.4 is 16.4 Å². The molecule has 0 bridgehead atoms. The predicted octanol–water partition coefficient (Wildman–Crippen LogP) is 2.42. The normalized spacial score (nSPS) is 12.2. The van der Waals surface area contributed by atoms with E-state index >= 15 is 0 Å². The molecule has 4 rings (SSSR count). The Bertz CT molecular complexity index is 1360. The van der Waals surface area contributed by atoms with Gasteiger partial charge in [-0.15, -0.1) is 0 Å². The maximum atomic E-state index is 13.1. The van der Waals surface area contributed by atoms with Crippen molar-refractivity contribution in [1.82, 2.24) is 24.3 Å². The van der Waals surface area contributed by atoms with E-state index < -0.39 is 5.91 Å². The second-order valence-electron chi connectivity index (χ2n) is 7.16. The molecule has 0 saturated carbocycles. The van der Waals surface area contributed by atoms with Crippen molar-refractivity contribution < 1.29 is 4.79 Å². The molecular formula is C22H22N6O2. The van der Waals surface area contributed by atoms with E-state index in [-0.39, 0.29) is 29.2 Å². The summed E-state index contributed by atoms with van der Waals surface area (Å²) < 4.78 is 3.12. The molecule has 0 spiro atoms. The highest BCUT2D eigenvalue weighted by Crippen LogP contribution is 2.16. The summed E-state index contributed by atoms with van der Waals surface area (Å²) in [5.41, 5.74) is 1.67. The molecule has 8 heteroatoms. The Hall–Kier alpha value is -3.81. The molecule has 0 aliphatic rings. The molecule has 8 nitrogen and oxygen atoms in total. The van der Waals surface area contributed by atoms with Crippen LogP contribution >= 0.6 is 0 Å².